The highest BCUT2D eigenvalue weighted by Gasteiger charge is 2.15. The average Bonchev–Trinajstić information content (AvgIpc) is 2.59. The van der Waals surface area contributed by atoms with Crippen molar-refractivity contribution in [2.75, 3.05) is 41.7 Å². The average molecular weight is 341 g/mol. The maximum Gasteiger partial charge on any atom is 0.220 e. The smallest absolute Gasteiger partial charge is 0.220 e. The lowest BCUT2D eigenvalue weighted by molar-refractivity contribution is -0.122. The number of nitrogens with one attached hydrogen (secondary N) is 1. The highest BCUT2D eigenvalue weighted by atomic mass is 16.5. The maximum absolute atomic E-state index is 12.1. The molecule has 0 heterocycles. The number of aryl methyl sites for hydroxylation is 1. The molecule has 1 rings (SSSR count). The summed E-state index contributed by atoms with van der Waals surface area (Å²) < 4.78 is 20.9. The summed E-state index contributed by atoms with van der Waals surface area (Å²) in [7, 11) is 6.22. The van der Waals surface area contributed by atoms with Crippen LogP contribution in [0.2, 0.25) is 0 Å². The van der Waals surface area contributed by atoms with Crippen LogP contribution in [0.4, 0.5) is 0 Å². The quantitative estimate of drug-likeness (QED) is 0.628. The molecule has 136 valence electrons. The van der Waals surface area contributed by atoms with Gasteiger partial charge in [0.2, 0.25) is 11.7 Å². The normalized spacial score (nSPS) is 11.7. The van der Waals surface area contributed by atoms with Gasteiger partial charge in [-0.05, 0) is 30.5 Å². The van der Waals surface area contributed by atoms with Crippen LogP contribution in [0.25, 0.3) is 0 Å². The van der Waals surface area contributed by atoms with Gasteiger partial charge in [0.25, 0.3) is 0 Å². The summed E-state index contributed by atoms with van der Waals surface area (Å²) >= 11 is 0. The Balaban J connectivity index is 2.70. The molecule has 0 radical (unpaired) electrons. The predicted molar refractivity (Wildman–Crippen MR) is 89.9 cm³/mol. The number of amides is 1. The van der Waals surface area contributed by atoms with Crippen molar-refractivity contribution in [2.45, 2.75) is 25.3 Å². The molecule has 7 nitrogen and oxygen atoms in total. The third kappa shape index (κ3) is 5.90. The van der Waals surface area contributed by atoms with E-state index in [1.165, 1.54) is 0 Å². The first-order chi connectivity index (χ1) is 11.6. The van der Waals surface area contributed by atoms with Crippen molar-refractivity contribution in [3.05, 3.63) is 17.7 Å². The van der Waals surface area contributed by atoms with Crippen LogP contribution in [-0.4, -0.2) is 58.7 Å². The highest BCUT2D eigenvalue weighted by Crippen LogP contribution is 2.38. The van der Waals surface area contributed by atoms with Gasteiger partial charge in [-0.25, -0.2) is 0 Å². The number of carbonyl (C=O) groups is 1. The van der Waals surface area contributed by atoms with Crippen molar-refractivity contribution in [1.82, 2.24) is 5.32 Å². The third-order valence-electron chi connectivity index (χ3n) is 3.58. The van der Waals surface area contributed by atoms with Crippen LogP contribution in [0.5, 0.6) is 17.2 Å². The Morgan fingerprint density at radius 2 is 1.75 bits per heavy atom. The van der Waals surface area contributed by atoms with Crippen molar-refractivity contribution < 1.29 is 28.8 Å². The van der Waals surface area contributed by atoms with E-state index in [-0.39, 0.29) is 18.6 Å². The fraction of sp³-hybridized carbons (Fsp3) is 0.588. The largest absolute Gasteiger partial charge is 0.493 e. The van der Waals surface area contributed by atoms with Crippen LogP contribution in [0.15, 0.2) is 12.1 Å². The van der Waals surface area contributed by atoms with Gasteiger partial charge < -0.3 is 29.4 Å². The Bertz CT molecular complexity index is 489. The van der Waals surface area contributed by atoms with Crippen LogP contribution in [0.3, 0.4) is 0 Å². The molecule has 0 aliphatic carbocycles. The number of rotatable bonds is 11. The van der Waals surface area contributed by atoms with Gasteiger partial charge in [-0.3, -0.25) is 4.79 Å². The molecule has 1 atom stereocenters. The zero-order valence-electron chi connectivity index (χ0n) is 14.8. The van der Waals surface area contributed by atoms with Crippen LogP contribution in [0.1, 0.15) is 18.4 Å². The van der Waals surface area contributed by atoms with Gasteiger partial charge in [0.15, 0.2) is 11.5 Å². The number of hydrogen-bond donors (Lipinski definition) is 2. The van der Waals surface area contributed by atoms with E-state index < -0.39 is 0 Å². The summed E-state index contributed by atoms with van der Waals surface area (Å²) in [5, 5.41) is 11.9. The number of benzene rings is 1. The molecule has 0 aliphatic heterocycles. The first-order valence-corrected chi connectivity index (χ1v) is 7.77. The number of carbonyl (C=O) groups excluding carboxylic acids is 1. The van der Waals surface area contributed by atoms with Crippen molar-refractivity contribution in [3.8, 4) is 17.2 Å². The van der Waals surface area contributed by atoms with Gasteiger partial charge >= 0.3 is 0 Å². The molecule has 0 spiro atoms. The number of aliphatic hydroxyl groups is 1. The number of hydrogen-bond acceptors (Lipinski definition) is 6. The molecule has 0 saturated carbocycles. The summed E-state index contributed by atoms with van der Waals surface area (Å²) in [4.78, 5) is 12.1. The molecule has 0 fully saturated rings. The number of ether oxygens (including phenoxy) is 4. The monoisotopic (exact) mass is 341 g/mol. The summed E-state index contributed by atoms with van der Waals surface area (Å²) in [6.45, 7) is 0.373. The Morgan fingerprint density at radius 3 is 2.21 bits per heavy atom. The minimum Gasteiger partial charge on any atom is -0.493 e. The van der Waals surface area contributed by atoms with E-state index in [9.17, 15) is 4.79 Å². The molecule has 1 aromatic rings. The fourth-order valence-electron chi connectivity index (χ4n) is 2.39. The molecule has 1 unspecified atom stereocenters. The lowest BCUT2D eigenvalue weighted by Crippen LogP contribution is -2.38. The molecule has 2 N–H and O–H groups in total. The molecular weight excluding hydrogens is 314 g/mol. The van der Waals surface area contributed by atoms with E-state index in [2.05, 4.69) is 5.32 Å². The fourth-order valence-corrected chi connectivity index (χ4v) is 2.39. The van der Waals surface area contributed by atoms with E-state index in [0.717, 1.165) is 5.56 Å². The second kappa shape index (κ2) is 10.7. The molecule has 1 amide bonds. The summed E-state index contributed by atoms with van der Waals surface area (Å²) in [5.41, 5.74) is 0.907. The zero-order chi connectivity index (χ0) is 17.9. The van der Waals surface area contributed by atoms with E-state index in [4.69, 9.17) is 24.1 Å². The minimum absolute atomic E-state index is 0.00117. The predicted octanol–water partition coefficient (Wildman–Crippen LogP) is 1.16. The summed E-state index contributed by atoms with van der Waals surface area (Å²) in [6, 6.07) is 3.47. The Morgan fingerprint density at radius 1 is 1.12 bits per heavy atom. The maximum atomic E-state index is 12.1. The second-order valence-corrected chi connectivity index (χ2v) is 5.27. The summed E-state index contributed by atoms with van der Waals surface area (Å²) in [5.74, 6) is 1.55. The van der Waals surface area contributed by atoms with Crippen LogP contribution in [0, 0.1) is 0 Å². The first kappa shape index (κ1) is 20.1. The molecule has 24 heavy (non-hydrogen) atoms. The van der Waals surface area contributed by atoms with Crippen molar-refractivity contribution in [2.24, 2.45) is 0 Å². The topological polar surface area (TPSA) is 86.3 Å². The van der Waals surface area contributed by atoms with Gasteiger partial charge in [0, 0.05) is 20.1 Å². The highest BCUT2D eigenvalue weighted by molar-refractivity contribution is 5.76. The molecular formula is C17H27NO6. The summed E-state index contributed by atoms with van der Waals surface area (Å²) in [6.07, 6.45) is 1.30. The van der Waals surface area contributed by atoms with Crippen molar-refractivity contribution in [1.29, 1.82) is 0 Å². The van der Waals surface area contributed by atoms with Gasteiger partial charge in [-0.2, -0.15) is 0 Å². The Kier molecular flexibility index (Phi) is 8.96. The van der Waals surface area contributed by atoms with Gasteiger partial charge in [-0.1, -0.05) is 0 Å². The van der Waals surface area contributed by atoms with E-state index in [1.807, 2.05) is 12.1 Å². The van der Waals surface area contributed by atoms with Gasteiger partial charge in [-0.15, -0.1) is 0 Å². The number of aliphatic hydroxyl groups excluding tert-OH is 1. The third-order valence-corrected chi connectivity index (χ3v) is 3.58. The molecule has 0 saturated heterocycles. The molecule has 1 aromatic carbocycles. The molecule has 0 aliphatic rings. The van der Waals surface area contributed by atoms with Crippen LogP contribution < -0.4 is 19.5 Å². The lowest BCUT2D eigenvalue weighted by Gasteiger charge is -2.17. The Labute approximate surface area is 142 Å². The molecule has 0 bridgehead atoms. The standard InChI is InChI=1S/C17H27NO6/c1-21-11-13(7-8-19)18-16(20)6-5-12-9-14(22-2)17(24-4)15(10-12)23-3/h9-10,13,19H,5-8,11H2,1-4H3,(H,18,20). The van der Waals surface area contributed by atoms with E-state index in [0.29, 0.717) is 43.1 Å². The van der Waals surface area contributed by atoms with Gasteiger partial charge in [0.1, 0.15) is 0 Å². The van der Waals surface area contributed by atoms with Gasteiger partial charge in [0.05, 0.1) is 34.0 Å². The first-order valence-electron chi connectivity index (χ1n) is 7.77. The second-order valence-electron chi connectivity index (χ2n) is 5.27. The SMILES string of the molecule is COCC(CCO)NC(=O)CCc1cc(OC)c(OC)c(OC)c1. The lowest BCUT2D eigenvalue weighted by atomic mass is 10.1. The number of methoxy groups -OCH3 is 4. The van der Waals surface area contributed by atoms with E-state index in [1.54, 1.807) is 28.4 Å². The van der Waals surface area contributed by atoms with Crippen molar-refractivity contribution in [3.63, 3.8) is 0 Å². The van der Waals surface area contributed by atoms with Crippen LogP contribution >= 0.6 is 0 Å². The Hall–Kier alpha value is -1.99. The van der Waals surface area contributed by atoms with Crippen molar-refractivity contribution >= 4 is 5.91 Å². The zero-order valence-corrected chi connectivity index (χ0v) is 14.8. The van der Waals surface area contributed by atoms with Crippen LogP contribution in [-0.2, 0) is 16.0 Å². The minimum atomic E-state index is -0.188. The molecule has 7 heteroatoms. The van der Waals surface area contributed by atoms with E-state index >= 15 is 0 Å². The molecule has 0 aromatic heterocycles.